The summed E-state index contributed by atoms with van der Waals surface area (Å²) in [7, 11) is -3.62. The van der Waals surface area contributed by atoms with Crippen LogP contribution in [0.15, 0.2) is 38.3 Å². The van der Waals surface area contributed by atoms with Gasteiger partial charge in [0.15, 0.2) is 0 Å². The summed E-state index contributed by atoms with van der Waals surface area (Å²) in [5.41, 5.74) is 1.81. The predicted molar refractivity (Wildman–Crippen MR) is 79.9 cm³/mol. The molecular weight excluding hydrogens is 350 g/mol. The number of sulfonamides is 1. The molecule has 7 heteroatoms. The van der Waals surface area contributed by atoms with E-state index in [2.05, 4.69) is 20.7 Å². The normalized spacial score (nSPS) is 11.5. The van der Waals surface area contributed by atoms with Gasteiger partial charge in [-0.3, -0.25) is 4.72 Å². The lowest BCUT2D eigenvalue weighted by Crippen LogP contribution is -2.12. The van der Waals surface area contributed by atoms with Crippen LogP contribution in [0.1, 0.15) is 11.1 Å². The van der Waals surface area contributed by atoms with Gasteiger partial charge in [0, 0.05) is 5.56 Å². The molecule has 0 unspecified atom stereocenters. The highest BCUT2D eigenvalue weighted by molar-refractivity contribution is 9.11. The zero-order valence-electron chi connectivity index (χ0n) is 10.1. The van der Waals surface area contributed by atoms with Gasteiger partial charge in [-0.25, -0.2) is 8.42 Å². The number of aryl methyl sites for hydroxylation is 1. The first-order valence-electron chi connectivity index (χ1n) is 5.41. The molecule has 4 nitrogen and oxygen atoms in total. The average molecular weight is 362 g/mol. The molecule has 19 heavy (non-hydrogen) atoms. The van der Waals surface area contributed by atoms with Crippen molar-refractivity contribution in [2.24, 2.45) is 0 Å². The standard InChI is InChI=1S/C12H12BrNO3S2/c1-8-6-11(18-12(8)13)19(16,17)14-10-5-3-2-4-9(10)7-15/h2-6,14-15H,7H2,1H3. The minimum atomic E-state index is -3.62. The van der Waals surface area contributed by atoms with Crippen LogP contribution in [0, 0.1) is 6.92 Å². The lowest BCUT2D eigenvalue weighted by Gasteiger charge is -2.09. The van der Waals surface area contributed by atoms with Gasteiger partial charge < -0.3 is 5.11 Å². The van der Waals surface area contributed by atoms with Gasteiger partial charge in [-0.1, -0.05) is 18.2 Å². The zero-order valence-corrected chi connectivity index (χ0v) is 13.3. The number of halogens is 1. The number of anilines is 1. The fourth-order valence-corrected chi connectivity index (χ4v) is 4.84. The Bertz CT molecular complexity index is 675. The van der Waals surface area contributed by atoms with E-state index in [-0.39, 0.29) is 10.8 Å². The van der Waals surface area contributed by atoms with E-state index in [1.54, 1.807) is 30.3 Å². The van der Waals surface area contributed by atoms with Crippen LogP contribution in [-0.4, -0.2) is 13.5 Å². The second kappa shape index (κ2) is 5.62. The van der Waals surface area contributed by atoms with Crippen molar-refractivity contribution < 1.29 is 13.5 Å². The largest absolute Gasteiger partial charge is 0.392 e. The number of rotatable bonds is 4. The molecule has 102 valence electrons. The molecule has 0 radical (unpaired) electrons. The third-order valence-corrected chi connectivity index (χ3v) is 6.51. The van der Waals surface area contributed by atoms with Crippen molar-refractivity contribution in [3.05, 3.63) is 45.2 Å². The van der Waals surface area contributed by atoms with Crippen LogP contribution in [0.3, 0.4) is 0 Å². The fraction of sp³-hybridized carbons (Fsp3) is 0.167. The van der Waals surface area contributed by atoms with E-state index in [1.165, 1.54) is 0 Å². The van der Waals surface area contributed by atoms with Crippen molar-refractivity contribution >= 4 is 43.0 Å². The molecule has 0 fully saturated rings. The summed E-state index contributed by atoms with van der Waals surface area (Å²) in [6.07, 6.45) is 0. The van der Waals surface area contributed by atoms with Gasteiger partial charge in [-0.2, -0.15) is 0 Å². The number of benzene rings is 1. The molecule has 1 heterocycles. The molecule has 2 rings (SSSR count). The molecule has 0 aliphatic rings. The van der Waals surface area contributed by atoms with Crippen molar-refractivity contribution in [2.45, 2.75) is 17.7 Å². The minimum absolute atomic E-state index is 0.216. The quantitative estimate of drug-likeness (QED) is 0.878. The summed E-state index contributed by atoms with van der Waals surface area (Å²) in [5.74, 6) is 0. The third kappa shape index (κ3) is 3.17. The Hall–Kier alpha value is -0.890. The van der Waals surface area contributed by atoms with Gasteiger partial charge in [0.05, 0.1) is 16.1 Å². The lowest BCUT2D eigenvalue weighted by atomic mass is 10.2. The maximum absolute atomic E-state index is 12.2. The number of nitrogens with one attached hydrogen (secondary N) is 1. The Labute approximate surface area is 124 Å². The SMILES string of the molecule is Cc1cc(S(=O)(=O)Nc2ccccc2CO)sc1Br. The van der Waals surface area contributed by atoms with Crippen molar-refractivity contribution in [1.82, 2.24) is 0 Å². The summed E-state index contributed by atoms with van der Waals surface area (Å²) < 4.78 is 28.0. The molecular formula is C12H12BrNO3S2. The van der Waals surface area contributed by atoms with Crippen LogP contribution < -0.4 is 4.72 Å². The van der Waals surface area contributed by atoms with Gasteiger partial charge in [0.25, 0.3) is 10.0 Å². The Morgan fingerprint density at radius 2 is 2.05 bits per heavy atom. The van der Waals surface area contributed by atoms with Crippen molar-refractivity contribution in [1.29, 1.82) is 0 Å². The number of aliphatic hydroxyl groups is 1. The molecule has 0 amide bonds. The Morgan fingerprint density at radius 1 is 1.37 bits per heavy atom. The highest BCUT2D eigenvalue weighted by Gasteiger charge is 2.19. The first-order valence-corrected chi connectivity index (χ1v) is 8.51. The molecule has 0 saturated carbocycles. The molecule has 0 aliphatic carbocycles. The summed E-state index contributed by atoms with van der Waals surface area (Å²) in [5, 5.41) is 9.19. The molecule has 0 aliphatic heterocycles. The third-order valence-electron chi connectivity index (χ3n) is 2.53. The smallest absolute Gasteiger partial charge is 0.271 e. The average Bonchev–Trinajstić information content (AvgIpc) is 2.71. The second-order valence-electron chi connectivity index (χ2n) is 3.94. The Morgan fingerprint density at radius 3 is 2.63 bits per heavy atom. The first kappa shape index (κ1) is 14.5. The van der Waals surface area contributed by atoms with E-state index < -0.39 is 10.0 Å². The maximum atomic E-state index is 12.2. The topological polar surface area (TPSA) is 66.4 Å². The van der Waals surface area contributed by atoms with Gasteiger partial charge in [-0.05, 0) is 40.5 Å². The van der Waals surface area contributed by atoms with E-state index in [0.29, 0.717) is 11.3 Å². The Kier molecular flexibility index (Phi) is 4.29. The van der Waals surface area contributed by atoms with E-state index >= 15 is 0 Å². The van der Waals surface area contributed by atoms with Crippen LogP contribution in [0.25, 0.3) is 0 Å². The van der Waals surface area contributed by atoms with E-state index in [4.69, 9.17) is 0 Å². The number of hydrogen-bond donors (Lipinski definition) is 2. The number of thiophene rings is 1. The lowest BCUT2D eigenvalue weighted by molar-refractivity contribution is 0.282. The molecule has 0 saturated heterocycles. The molecule has 1 aromatic heterocycles. The molecule has 2 N–H and O–H groups in total. The van der Waals surface area contributed by atoms with Crippen LogP contribution in [0.4, 0.5) is 5.69 Å². The monoisotopic (exact) mass is 361 g/mol. The van der Waals surface area contributed by atoms with Crippen molar-refractivity contribution in [2.75, 3.05) is 4.72 Å². The van der Waals surface area contributed by atoms with Gasteiger partial charge in [-0.15, -0.1) is 11.3 Å². The summed E-state index contributed by atoms with van der Waals surface area (Å²) in [4.78, 5) is 0. The summed E-state index contributed by atoms with van der Waals surface area (Å²) >= 11 is 4.47. The van der Waals surface area contributed by atoms with Crippen LogP contribution in [0.2, 0.25) is 0 Å². The van der Waals surface area contributed by atoms with E-state index in [0.717, 1.165) is 20.7 Å². The highest BCUT2D eigenvalue weighted by Crippen LogP contribution is 2.32. The fourth-order valence-electron chi connectivity index (χ4n) is 1.52. The minimum Gasteiger partial charge on any atom is -0.392 e. The molecule has 0 bridgehead atoms. The zero-order chi connectivity index (χ0) is 14.0. The second-order valence-corrected chi connectivity index (χ2v) is 8.22. The predicted octanol–water partition coefficient (Wildman–Crippen LogP) is 3.11. The van der Waals surface area contributed by atoms with Crippen molar-refractivity contribution in [3.8, 4) is 0 Å². The number of hydrogen-bond acceptors (Lipinski definition) is 4. The first-order chi connectivity index (χ1) is 8.94. The van der Waals surface area contributed by atoms with Gasteiger partial charge in [0.2, 0.25) is 0 Å². The Balaban J connectivity index is 2.36. The molecule has 2 aromatic rings. The molecule has 0 atom stereocenters. The van der Waals surface area contributed by atoms with E-state index in [1.807, 2.05) is 6.92 Å². The van der Waals surface area contributed by atoms with E-state index in [9.17, 15) is 13.5 Å². The molecule has 1 aromatic carbocycles. The van der Waals surface area contributed by atoms with Crippen LogP contribution >= 0.6 is 27.3 Å². The van der Waals surface area contributed by atoms with Crippen LogP contribution in [0.5, 0.6) is 0 Å². The van der Waals surface area contributed by atoms with Crippen molar-refractivity contribution in [3.63, 3.8) is 0 Å². The van der Waals surface area contributed by atoms with Gasteiger partial charge >= 0.3 is 0 Å². The summed E-state index contributed by atoms with van der Waals surface area (Å²) in [6, 6.07) is 8.37. The van der Waals surface area contributed by atoms with Gasteiger partial charge in [0.1, 0.15) is 4.21 Å². The number of aliphatic hydroxyl groups excluding tert-OH is 1. The van der Waals surface area contributed by atoms with Crippen LogP contribution in [-0.2, 0) is 16.6 Å². The number of para-hydroxylation sites is 1. The summed E-state index contributed by atoms with van der Waals surface area (Å²) in [6.45, 7) is 1.62. The molecule has 0 spiro atoms. The highest BCUT2D eigenvalue weighted by atomic mass is 79.9. The maximum Gasteiger partial charge on any atom is 0.271 e.